The standard InChI is InChI=1S/C10H13NO4/c1-2-5-15-10(14)11-8-4-3-7(6-8)9(12)13/h2-3,8H,1,4-6H2,(H,11,14)(H,12,13). The van der Waals surface area contributed by atoms with Crippen LogP contribution in [0.25, 0.3) is 0 Å². The van der Waals surface area contributed by atoms with Crippen LogP contribution in [0.2, 0.25) is 0 Å². The topological polar surface area (TPSA) is 75.6 Å². The Bertz CT molecular complexity index is 309. The number of carbonyl (C=O) groups is 2. The fourth-order valence-electron chi connectivity index (χ4n) is 1.34. The summed E-state index contributed by atoms with van der Waals surface area (Å²) < 4.78 is 4.71. The third kappa shape index (κ3) is 3.46. The Morgan fingerprint density at radius 2 is 2.47 bits per heavy atom. The highest BCUT2D eigenvalue weighted by Crippen LogP contribution is 2.18. The maximum atomic E-state index is 11.1. The second-order valence-electron chi connectivity index (χ2n) is 3.20. The van der Waals surface area contributed by atoms with Gasteiger partial charge in [0.25, 0.3) is 0 Å². The van der Waals surface area contributed by atoms with Gasteiger partial charge >= 0.3 is 12.1 Å². The average molecular weight is 211 g/mol. The van der Waals surface area contributed by atoms with E-state index in [1.165, 1.54) is 6.08 Å². The lowest BCUT2D eigenvalue weighted by molar-refractivity contribution is -0.132. The number of hydrogen-bond donors (Lipinski definition) is 2. The molecule has 0 aliphatic heterocycles. The highest BCUT2D eigenvalue weighted by atomic mass is 16.5. The Kier molecular flexibility index (Phi) is 3.91. The molecular weight excluding hydrogens is 198 g/mol. The molecular formula is C10H13NO4. The minimum atomic E-state index is -0.932. The third-order valence-electron chi connectivity index (χ3n) is 2.04. The van der Waals surface area contributed by atoms with Crippen LogP contribution in [-0.2, 0) is 9.53 Å². The van der Waals surface area contributed by atoms with Crippen LogP contribution in [0.1, 0.15) is 12.8 Å². The zero-order valence-corrected chi connectivity index (χ0v) is 8.23. The van der Waals surface area contributed by atoms with Gasteiger partial charge in [0.05, 0.1) is 0 Å². The summed E-state index contributed by atoms with van der Waals surface area (Å²) in [5.74, 6) is -0.932. The Morgan fingerprint density at radius 1 is 1.73 bits per heavy atom. The molecule has 0 fully saturated rings. The Balaban J connectivity index is 2.29. The van der Waals surface area contributed by atoms with Crippen LogP contribution < -0.4 is 5.32 Å². The van der Waals surface area contributed by atoms with E-state index in [-0.39, 0.29) is 12.6 Å². The lowest BCUT2D eigenvalue weighted by atomic mass is 10.2. The van der Waals surface area contributed by atoms with Gasteiger partial charge in [-0.3, -0.25) is 0 Å². The molecule has 0 bridgehead atoms. The molecule has 5 heteroatoms. The van der Waals surface area contributed by atoms with E-state index < -0.39 is 12.1 Å². The molecule has 2 N–H and O–H groups in total. The molecule has 5 nitrogen and oxygen atoms in total. The van der Waals surface area contributed by atoms with E-state index >= 15 is 0 Å². The van der Waals surface area contributed by atoms with Crippen LogP contribution in [0.3, 0.4) is 0 Å². The minimum absolute atomic E-state index is 0.151. The van der Waals surface area contributed by atoms with Gasteiger partial charge in [-0.15, -0.1) is 0 Å². The van der Waals surface area contributed by atoms with Gasteiger partial charge < -0.3 is 15.2 Å². The normalized spacial score (nSPS) is 19.2. The van der Waals surface area contributed by atoms with Crippen molar-refractivity contribution >= 4 is 12.1 Å². The second-order valence-corrected chi connectivity index (χ2v) is 3.20. The summed E-state index contributed by atoms with van der Waals surface area (Å²) >= 11 is 0. The molecule has 0 spiro atoms. The fourth-order valence-corrected chi connectivity index (χ4v) is 1.34. The molecule has 0 saturated heterocycles. The number of rotatable bonds is 4. The van der Waals surface area contributed by atoms with Crippen molar-refractivity contribution in [1.29, 1.82) is 0 Å². The van der Waals surface area contributed by atoms with Crippen molar-refractivity contribution in [2.24, 2.45) is 0 Å². The first-order chi connectivity index (χ1) is 7.13. The molecule has 1 amide bonds. The third-order valence-corrected chi connectivity index (χ3v) is 2.04. The van der Waals surface area contributed by atoms with Crippen molar-refractivity contribution in [3.05, 3.63) is 24.3 Å². The summed E-state index contributed by atoms with van der Waals surface area (Å²) in [5, 5.41) is 11.3. The highest BCUT2D eigenvalue weighted by molar-refractivity contribution is 5.87. The molecule has 15 heavy (non-hydrogen) atoms. The maximum absolute atomic E-state index is 11.1. The monoisotopic (exact) mass is 211 g/mol. The smallest absolute Gasteiger partial charge is 0.407 e. The number of carboxylic acid groups (broad SMARTS) is 1. The van der Waals surface area contributed by atoms with Crippen LogP contribution in [0.4, 0.5) is 4.79 Å². The summed E-state index contributed by atoms with van der Waals surface area (Å²) in [6, 6.07) is -0.173. The van der Waals surface area contributed by atoms with Crippen molar-refractivity contribution in [2.45, 2.75) is 18.9 Å². The van der Waals surface area contributed by atoms with Gasteiger partial charge in [-0.25, -0.2) is 9.59 Å². The summed E-state index contributed by atoms with van der Waals surface area (Å²) in [6.07, 6.45) is 3.42. The number of ether oxygens (including phenoxy) is 1. The Labute approximate surface area is 87.4 Å². The first kappa shape index (κ1) is 11.3. The summed E-state index contributed by atoms with van der Waals surface area (Å²) in [6.45, 7) is 3.56. The number of amides is 1. The van der Waals surface area contributed by atoms with Crippen molar-refractivity contribution in [2.75, 3.05) is 6.61 Å². The largest absolute Gasteiger partial charge is 0.478 e. The zero-order chi connectivity index (χ0) is 11.3. The van der Waals surface area contributed by atoms with Crippen molar-refractivity contribution < 1.29 is 19.4 Å². The predicted molar refractivity (Wildman–Crippen MR) is 53.4 cm³/mol. The van der Waals surface area contributed by atoms with Crippen LogP contribution in [0, 0.1) is 0 Å². The highest BCUT2D eigenvalue weighted by Gasteiger charge is 2.22. The van der Waals surface area contributed by atoms with Crippen molar-refractivity contribution in [1.82, 2.24) is 5.32 Å². The number of nitrogens with one attached hydrogen (secondary N) is 1. The van der Waals surface area contributed by atoms with Gasteiger partial charge in [-0.1, -0.05) is 18.7 Å². The molecule has 0 aromatic rings. The fraction of sp³-hybridized carbons (Fsp3) is 0.400. The summed E-state index contributed by atoms with van der Waals surface area (Å²) in [7, 11) is 0. The molecule has 1 aliphatic rings. The van der Waals surface area contributed by atoms with E-state index in [9.17, 15) is 9.59 Å². The maximum Gasteiger partial charge on any atom is 0.407 e. The second kappa shape index (κ2) is 5.19. The summed E-state index contributed by atoms with van der Waals surface area (Å²) in [5.41, 5.74) is 0.337. The number of hydrogen-bond acceptors (Lipinski definition) is 3. The molecule has 0 aromatic carbocycles. The van der Waals surface area contributed by atoms with Crippen LogP contribution in [0.15, 0.2) is 24.3 Å². The molecule has 0 saturated carbocycles. The lowest BCUT2D eigenvalue weighted by Crippen LogP contribution is -2.33. The van der Waals surface area contributed by atoms with Gasteiger partial charge in [0, 0.05) is 11.6 Å². The molecule has 1 aliphatic carbocycles. The molecule has 82 valence electrons. The molecule has 1 atom stereocenters. The molecule has 1 unspecified atom stereocenters. The van der Waals surface area contributed by atoms with Gasteiger partial charge in [0.15, 0.2) is 0 Å². The zero-order valence-electron chi connectivity index (χ0n) is 8.23. The van der Waals surface area contributed by atoms with Crippen molar-refractivity contribution in [3.63, 3.8) is 0 Å². The Morgan fingerprint density at radius 3 is 3.00 bits per heavy atom. The van der Waals surface area contributed by atoms with Gasteiger partial charge in [0.1, 0.15) is 6.61 Å². The minimum Gasteiger partial charge on any atom is -0.478 e. The van der Waals surface area contributed by atoms with Gasteiger partial charge in [-0.2, -0.15) is 0 Å². The molecule has 1 rings (SSSR count). The number of carboxylic acids is 1. The van der Waals surface area contributed by atoms with E-state index in [1.807, 2.05) is 0 Å². The van der Waals surface area contributed by atoms with E-state index in [1.54, 1.807) is 6.08 Å². The first-order valence-electron chi connectivity index (χ1n) is 4.60. The molecule has 0 radical (unpaired) electrons. The quantitative estimate of drug-likeness (QED) is 0.682. The molecule has 0 heterocycles. The Hall–Kier alpha value is -1.78. The van der Waals surface area contributed by atoms with E-state index in [2.05, 4.69) is 11.9 Å². The lowest BCUT2D eigenvalue weighted by Gasteiger charge is -2.11. The van der Waals surface area contributed by atoms with E-state index in [0.717, 1.165) is 0 Å². The number of alkyl carbamates (subject to hydrolysis) is 1. The number of aliphatic carboxylic acids is 1. The van der Waals surface area contributed by atoms with Gasteiger partial charge in [0.2, 0.25) is 0 Å². The van der Waals surface area contributed by atoms with Crippen molar-refractivity contribution in [3.8, 4) is 0 Å². The van der Waals surface area contributed by atoms with Crippen LogP contribution in [0.5, 0.6) is 0 Å². The summed E-state index contributed by atoms with van der Waals surface area (Å²) in [4.78, 5) is 21.7. The first-order valence-corrected chi connectivity index (χ1v) is 4.60. The average Bonchev–Trinajstić information content (AvgIpc) is 2.63. The predicted octanol–water partition coefficient (Wildman–Crippen LogP) is 1.07. The van der Waals surface area contributed by atoms with Crippen LogP contribution >= 0.6 is 0 Å². The number of carbonyl (C=O) groups excluding carboxylic acids is 1. The van der Waals surface area contributed by atoms with E-state index in [4.69, 9.17) is 9.84 Å². The van der Waals surface area contributed by atoms with Crippen LogP contribution in [-0.4, -0.2) is 29.8 Å². The van der Waals surface area contributed by atoms with E-state index in [0.29, 0.717) is 18.4 Å². The van der Waals surface area contributed by atoms with Gasteiger partial charge in [-0.05, 0) is 12.8 Å². The SMILES string of the molecule is C=CCOC(=O)NC1CC=C(C(=O)O)C1. The molecule has 0 aromatic heterocycles.